The molecular formula is C12H15BrClNOS. The lowest BCUT2D eigenvalue weighted by atomic mass is 9.89. The summed E-state index contributed by atoms with van der Waals surface area (Å²) in [6, 6.07) is 3.53. The lowest BCUT2D eigenvalue weighted by Crippen LogP contribution is -2.34. The maximum Gasteiger partial charge on any atom is 0.261 e. The zero-order valence-electron chi connectivity index (χ0n) is 9.42. The summed E-state index contributed by atoms with van der Waals surface area (Å²) in [7, 11) is 0. The van der Waals surface area contributed by atoms with Crippen LogP contribution < -0.4 is 5.32 Å². The van der Waals surface area contributed by atoms with E-state index in [1.165, 1.54) is 37.0 Å². The fourth-order valence-electron chi connectivity index (χ4n) is 2.14. The average molecular weight is 337 g/mol. The summed E-state index contributed by atoms with van der Waals surface area (Å²) in [4.78, 5) is 13.1. The number of carbonyl (C=O) groups is 1. The van der Waals surface area contributed by atoms with Gasteiger partial charge in [0.05, 0.1) is 9.21 Å². The summed E-state index contributed by atoms with van der Waals surface area (Å²) in [6.07, 6.45) is 4.97. The molecule has 1 aliphatic carbocycles. The summed E-state index contributed by atoms with van der Waals surface area (Å²) < 4.78 is 0.659. The van der Waals surface area contributed by atoms with E-state index in [0.717, 1.165) is 6.54 Å². The molecule has 1 aliphatic rings. The largest absolute Gasteiger partial charge is 0.351 e. The lowest BCUT2D eigenvalue weighted by molar-refractivity contribution is 0.0948. The number of thiophene rings is 1. The zero-order valence-corrected chi connectivity index (χ0v) is 12.6. The third-order valence-corrected chi connectivity index (χ3v) is 5.57. The standard InChI is InChI=1S/C12H15BrClNOS/c13-9-4-2-1-3-8(9)7-15-12(16)10-5-6-11(14)17-10/h5-6,8-9H,1-4,7H2,(H,15,16). The van der Waals surface area contributed by atoms with Crippen LogP contribution in [0.5, 0.6) is 0 Å². The van der Waals surface area contributed by atoms with Gasteiger partial charge in [-0.3, -0.25) is 4.79 Å². The summed E-state index contributed by atoms with van der Waals surface area (Å²) in [6.45, 7) is 0.754. The van der Waals surface area contributed by atoms with Crippen molar-refractivity contribution in [3.8, 4) is 0 Å². The smallest absolute Gasteiger partial charge is 0.261 e. The van der Waals surface area contributed by atoms with Crippen LogP contribution >= 0.6 is 38.9 Å². The Kier molecular flexibility index (Phi) is 4.88. The van der Waals surface area contributed by atoms with E-state index in [4.69, 9.17) is 11.6 Å². The molecule has 0 aromatic carbocycles. The van der Waals surface area contributed by atoms with Crippen molar-refractivity contribution in [3.05, 3.63) is 21.3 Å². The molecule has 0 spiro atoms. The Balaban J connectivity index is 1.83. The molecule has 1 fully saturated rings. The maximum atomic E-state index is 11.8. The van der Waals surface area contributed by atoms with Gasteiger partial charge in [-0.1, -0.05) is 40.4 Å². The molecule has 17 heavy (non-hydrogen) atoms. The van der Waals surface area contributed by atoms with Crippen molar-refractivity contribution in [1.29, 1.82) is 0 Å². The topological polar surface area (TPSA) is 29.1 Å². The molecule has 0 bridgehead atoms. The van der Waals surface area contributed by atoms with Crippen molar-refractivity contribution in [2.24, 2.45) is 5.92 Å². The molecule has 1 amide bonds. The SMILES string of the molecule is O=C(NCC1CCCCC1Br)c1ccc(Cl)s1. The second-order valence-electron chi connectivity index (χ2n) is 4.37. The second kappa shape index (κ2) is 6.21. The van der Waals surface area contributed by atoms with Crippen molar-refractivity contribution in [2.45, 2.75) is 30.5 Å². The molecule has 1 saturated carbocycles. The van der Waals surface area contributed by atoms with E-state index >= 15 is 0 Å². The van der Waals surface area contributed by atoms with Gasteiger partial charge in [-0.25, -0.2) is 0 Å². The number of hydrogen-bond acceptors (Lipinski definition) is 2. The monoisotopic (exact) mass is 335 g/mol. The Morgan fingerprint density at radius 1 is 1.47 bits per heavy atom. The highest BCUT2D eigenvalue weighted by Crippen LogP contribution is 2.29. The molecule has 0 aliphatic heterocycles. The average Bonchev–Trinajstić information content (AvgIpc) is 2.74. The molecular weight excluding hydrogens is 322 g/mol. The van der Waals surface area contributed by atoms with Gasteiger partial charge < -0.3 is 5.32 Å². The molecule has 94 valence electrons. The van der Waals surface area contributed by atoms with Gasteiger partial charge in [-0.2, -0.15) is 0 Å². The summed E-state index contributed by atoms with van der Waals surface area (Å²) in [5, 5.41) is 3.00. The minimum atomic E-state index is -0.00725. The Hall–Kier alpha value is -0.0600. The molecule has 1 aromatic heterocycles. The van der Waals surface area contributed by atoms with Crippen LogP contribution in [0.2, 0.25) is 4.34 Å². The molecule has 1 heterocycles. The number of rotatable bonds is 3. The molecule has 2 rings (SSSR count). The summed E-state index contributed by atoms with van der Waals surface area (Å²) in [5.74, 6) is 0.551. The Labute approximate surface area is 119 Å². The molecule has 2 atom stereocenters. The highest BCUT2D eigenvalue weighted by atomic mass is 79.9. The van der Waals surface area contributed by atoms with Crippen LogP contribution in [0.15, 0.2) is 12.1 Å². The summed E-state index contributed by atoms with van der Waals surface area (Å²) >= 11 is 10.8. The van der Waals surface area contributed by atoms with Crippen LogP contribution in [0.1, 0.15) is 35.4 Å². The van der Waals surface area contributed by atoms with Crippen molar-refractivity contribution in [3.63, 3.8) is 0 Å². The van der Waals surface area contributed by atoms with Crippen molar-refractivity contribution >= 4 is 44.8 Å². The Morgan fingerprint density at radius 2 is 2.24 bits per heavy atom. The van der Waals surface area contributed by atoms with Crippen LogP contribution in [-0.4, -0.2) is 17.3 Å². The van der Waals surface area contributed by atoms with Crippen LogP contribution in [0.4, 0.5) is 0 Å². The Bertz CT molecular complexity index is 396. The fourth-order valence-corrected chi connectivity index (χ4v) is 3.87. The number of hydrogen-bond donors (Lipinski definition) is 1. The molecule has 2 unspecified atom stereocenters. The quantitative estimate of drug-likeness (QED) is 0.828. The van der Waals surface area contributed by atoms with E-state index in [2.05, 4.69) is 21.2 Å². The number of carbonyl (C=O) groups excluding carboxylic acids is 1. The fraction of sp³-hybridized carbons (Fsp3) is 0.583. The van der Waals surface area contributed by atoms with E-state index in [0.29, 0.717) is 20.0 Å². The van der Waals surface area contributed by atoms with E-state index < -0.39 is 0 Å². The maximum absolute atomic E-state index is 11.8. The summed E-state index contributed by atoms with van der Waals surface area (Å²) in [5.41, 5.74) is 0. The first-order chi connectivity index (χ1) is 8.16. The van der Waals surface area contributed by atoms with Gasteiger partial charge in [0.1, 0.15) is 0 Å². The number of alkyl halides is 1. The van der Waals surface area contributed by atoms with Crippen molar-refractivity contribution in [1.82, 2.24) is 5.32 Å². The van der Waals surface area contributed by atoms with Gasteiger partial charge in [-0.05, 0) is 30.9 Å². The zero-order chi connectivity index (χ0) is 12.3. The minimum absolute atomic E-state index is 0.00725. The predicted octanol–water partition coefficient (Wildman–Crippen LogP) is 4.09. The van der Waals surface area contributed by atoms with Crippen molar-refractivity contribution < 1.29 is 4.79 Å². The molecule has 1 N–H and O–H groups in total. The van der Waals surface area contributed by atoms with Gasteiger partial charge in [0, 0.05) is 11.4 Å². The van der Waals surface area contributed by atoms with Gasteiger partial charge in [0.2, 0.25) is 0 Å². The predicted molar refractivity (Wildman–Crippen MR) is 76.3 cm³/mol. The first-order valence-electron chi connectivity index (χ1n) is 5.84. The number of halogens is 2. The van der Waals surface area contributed by atoms with Crippen LogP contribution in [0.25, 0.3) is 0 Å². The number of nitrogens with one attached hydrogen (secondary N) is 1. The minimum Gasteiger partial charge on any atom is -0.351 e. The highest BCUT2D eigenvalue weighted by Gasteiger charge is 2.23. The second-order valence-corrected chi connectivity index (χ2v) is 7.27. The molecule has 5 heteroatoms. The molecule has 0 saturated heterocycles. The van der Waals surface area contributed by atoms with Crippen LogP contribution in [0.3, 0.4) is 0 Å². The van der Waals surface area contributed by atoms with E-state index in [-0.39, 0.29) is 5.91 Å². The lowest BCUT2D eigenvalue weighted by Gasteiger charge is -2.27. The van der Waals surface area contributed by atoms with Gasteiger partial charge >= 0.3 is 0 Å². The van der Waals surface area contributed by atoms with Gasteiger partial charge in [-0.15, -0.1) is 11.3 Å². The van der Waals surface area contributed by atoms with E-state index in [1.54, 1.807) is 12.1 Å². The third-order valence-electron chi connectivity index (χ3n) is 3.14. The number of amides is 1. The third kappa shape index (κ3) is 3.70. The van der Waals surface area contributed by atoms with Crippen LogP contribution in [-0.2, 0) is 0 Å². The Morgan fingerprint density at radius 3 is 2.88 bits per heavy atom. The molecule has 0 radical (unpaired) electrons. The molecule has 2 nitrogen and oxygen atoms in total. The van der Waals surface area contributed by atoms with Gasteiger partial charge in [0.25, 0.3) is 5.91 Å². The first-order valence-corrected chi connectivity index (χ1v) is 7.95. The van der Waals surface area contributed by atoms with Crippen molar-refractivity contribution in [2.75, 3.05) is 6.54 Å². The van der Waals surface area contributed by atoms with E-state index in [1.807, 2.05) is 0 Å². The first kappa shape index (κ1) is 13.4. The highest BCUT2D eigenvalue weighted by molar-refractivity contribution is 9.09. The van der Waals surface area contributed by atoms with Crippen LogP contribution in [0, 0.1) is 5.92 Å². The normalized spacial score (nSPS) is 24.6. The van der Waals surface area contributed by atoms with E-state index in [9.17, 15) is 4.79 Å². The molecule has 1 aromatic rings. The van der Waals surface area contributed by atoms with Gasteiger partial charge in [0.15, 0.2) is 0 Å².